The lowest BCUT2D eigenvalue weighted by atomic mass is 9.99. The molecule has 1 N–H and O–H groups in total. The van der Waals surface area contributed by atoms with Crippen LogP contribution in [0.2, 0.25) is 0 Å². The molecule has 0 bridgehead atoms. The second-order valence-electron chi connectivity index (χ2n) is 7.45. The zero-order chi connectivity index (χ0) is 18.6. The highest BCUT2D eigenvalue weighted by molar-refractivity contribution is 14.0. The predicted octanol–water partition coefficient (Wildman–Crippen LogP) is 2.22. The van der Waals surface area contributed by atoms with Crippen molar-refractivity contribution in [3.63, 3.8) is 0 Å². The molecule has 1 saturated heterocycles. The molecule has 0 spiro atoms. The molecule has 0 saturated carbocycles. The Morgan fingerprint density at radius 2 is 2.11 bits per heavy atom. The van der Waals surface area contributed by atoms with Crippen LogP contribution in [0.5, 0.6) is 0 Å². The summed E-state index contributed by atoms with van der Waals surface area (Å²) in [6.07, 6.45) is 2.18. The van der Waals surface area contributed by atoms with Crippen LogP contribution < -0.4 is 5.32 Å². The van der Waals surface area contributed by atoms with Crippen LogP contribution in [0, 0.1) is 12.8 Å². The Morgan fingerprint density at radius 1 is 1.29 bits per heavy atom. The zero-order valence-electron chi connectivity index (χ0n) is 16.7. The molecule has 1 atom stereocenters. The van der Waals surface area contributed by atoms with Gasteiger partial charge in [0.25, 0.3) is 0 Å². The van der Waals surface area contributed by atoms with Crippen LogP contribution >= 0.6 is 35.3 Å². The average molecular weight is 515 g/mol. The van der Waals surface area contributed by atoms with Gasteiger partial charge in [-0.15, -0.1) is 45.5 Å². The Bertz CT molecular complexity index is 765. The number of hydrogen-bond donors (Lipinski definition) is 1. The van der Waals surface area contributed by atoms with Crippen LogP contribution in [0.1, 0.15) is 22.9 Å². The van der Waals surface area contributed by atoms with Crippen LogP contribution in [0.15, 0.2) is 22.5 Å². The number of nitrogens with one attached hydrogen (secondary N) is 1. The van der Waals surface area contributed by atoms with Crippen molar-refractivity contribution in [1.29, 1.82) is 0 Å². The van der Waals surface area contributed by atoms with Crippen molar-refractivity contribution in [3.8, 4) is 0 Å². The normalized spacial score (nSPS) is 20.6. The molecular weight excluding hydrogens is 485 g/mol. The highest BCUT2D eigenvalue weighted by Gasteiger charge is 2.24. The van der Waals surface area contributed by atoms with E-state index in [1.807, 2.05) is 25.3 Å². The smallest absolute Gasteiger partial charge is 0.193 e. The Hall–Kier alpha value is -1.20. The van der Waals surface area contributed by atoms with Crippen molar-refractivity contribution in [2.75, 3.05) is 39.8 Å². The van der Waals surface area contributed by atoms with E-state index in [0.717, 1.165) is 76.3 Å². The first-order valence-electron chi connectivity index (χ1n) is 9.82. The van der Waals surface area contributed by atoms with Gasteiger partial charge < -0.3 is 14.8 Å². The Balaban J connectivity index is 0.00000225. The van der Waals surface area contributed by atoms with Gasteiger partial charge >= 0.3 is 0 Å². The van der Waals surface area contributed by atoms with Crippen molar-refractivity contribution in [2.45, 2.75) is 32.9 Å². The molecule has 4 heterocycles. The van der Waals surface area contributed by atoms with E-state index in [0.29, 0.717) is 5.92 Å². The van der Waals surface area contributed by atoms with Crippen molar-refractivity contribution in [2.24, 2.45) is 10.9 Å². The molecule has 0 amide bonds. The van der Waals surface area contributed by atoms with Gasteiger partial charge in [-0.05, 0) is 30.7 Å². The van der Waals surface area contributed by atoms with Gasteiger partial charge in [0.2, 0.25) is 0 Å². The maximum absolute atomic E-state index is 4.53. The molecule has 1 fully saturated rings. The van der Waals surface area contributed by atoms with Gasteiger partial charge in [0, 0.05) is 64.2 Å². The number of nitrogens with zero attached hydrogens (tertiary/aromatic N) is 6. The second-order valence-corrected chi connectivity index (χ2v) is 8.48. The van der Waals surface area contributed by atoms with Gasteiger partial charge in [0.15, 0.2) is 5.96 Å². The summed E-state index contributed by atoms with van der Waals surface area (Å²) in [5.41, 5.74) is 0. The van der Waals surface area contributed by atoms with E-state index >= 15 is 0 Å². The number of aliphatic imine (C=N–C) groups is 1. The Kier molecular flexibility index (Phi) is 7.69. The van der Waals surface area contributed by atoms with E-state index in [2.05, 4.69) is 52.4 Å². The van der Waals surface area contributed by atoms with Crippen molar-refractivity contribution >= 4 is 41.3 Å². The largest absolute Gasteiger partial charge is 0.356 e. The van der Waals surface area contributed by atoms with Crippen LogP contribution in [0.4, 0.5) is 0 Å². The highest BCUT2D eigenvalue weighted by atomic mass is 127. The van der Waals surface area contributed by atoms with Gasteiger partial charge in [0.1, 0.15) is 11.6 Å². The zero-order valence-corrected chi connectivity index (χ0v) is 19.8. The average Bonchev–Trinajstić information content (AvgIpc) is 3.33. The molecule has 2 aliphatic heterocycles. The summed E-state index contributed by atoms with van der Waals surface area (Å²) >= 11 is 1.85. The first-order valence-corrected chi connectivity index (χ1v) is 10.7. The molecule has 0 radical (unpaired) electrons. The molecule has 2 aromatic rings. The summed E-state index contributed by atoms with van der Waals surface area (Å²) in [6.45, 7) is 9.32. The number of piperazine rings is 1. The maximum atomic E-state index is 4.53. The van der Waals surface area contributed by atoms with Crippen LogP contribution in [-0.4, -0.2) is 70.3 Å². The number of guanidine groups is 1. The number of fused-ring (bicyclic) bond motifs is 1. The minimum Gasteiger partial charge on any atom is -0.356 e. The fraction of sp³-hybridized carbons (Fsp3) is 0.632. The lowest BCUT2D eigenvalue weighted by molar-refractivity contribution is 0.173. The minimum absolute atomic E-state index is 0. The number of aromatic nitrogens is 3. The standard InChI is InChI=1S/C19H29N7S.HI/c1-15-22-23-18-6-5-16(13-26(15)18)12-21-19(20-2)25-9-7-24(8-10-25)14-17-4-3-11-27-17;/h3-4,11,16H,5-10,12-14H2,1-2H3,(H,20,21);1H. The molecule has 2 aromatic heterocycles. The number of halogens is 1. The van der Waals surface area contributed by atoms with Crippen molar-refractivity contribution < 1.29 is 0 Å². The summed E-state index contributed by atoms with van der Waals surface area (Å²) < 4.78 is 2.27. The molecule has 28 heavy (non-hydrogen) atoms. The lowest BCUT2D eigenvalue weighted by Crippen LogP contribution is -2.52. The summed E-state index contributed by atoms with van der Waals surface area (Å²) in [5.74, 6) is 3.80. The molecule has 154 valence electrons. The molecule has 0 aliphatic carbocycles. The first kappa shape index (κ1) is 21.5. The molecule has 9 heteroatoms. The van der Waals surface area contributed by atoms with E-state index in [-0.39, 0.29) is 24.0 Å². The monoisotopic (exact) mass is 515 g/mol. The van der Waals surface area contributed by atoms with Gasteiger partial charge in [-0.3, -0.25) is 9.89 Å². The quantitative estimate of drug-likeness (QED) is 0.385. The summed E-state index contributed by atoms with van der Waals surface area (Å²) in [6, 6.07) is 4.36. The third-order valence-corrected chi connectivity index (χ3v) is 6.48. The topological polar surface area (TPSA) is 61.6 Å². The SMILES string of the molecule is CN=C(NCC1CCc2nnc(C)n2C1)N1CCN(Cc2cccs2)CC1.I. The number of aryl methyl sites for hydroxylation is 2. The molecule has 4 rings (SSSR count). The van der Waals surface area contributed by atoms with Crippen LogP contribution in [0.25, 0.3) is 0 Å². The Labute approximate surface area is 188 Å². The van der Waals surface area contributed by atoms with Gasteiger partial charge in [-0.2, -0.15) is 0 Å². The minimum atomic E-state index is 0. The highest BCUT2D eigenvalue weighted by Crippen LogP contribution is 2.19. The Morgan fingerprint density at radius 3 is 2.82 bits per heavy atom. The van der Waals surface area contributed by atoms with E-state index in [9.17, 15) is 0 Å². The van der Waals surface area contributed by atoms with Crippen molar-refractivity contribution in [3.05, 3.63) is 34.0 Å². The second kappa shape index (κ2) is 10.0. The van der Waals surface area contributed by atoms with E-state index in [1.165, 1.54) is 4.88 Å². The number of rotatable bonds is 4. The molecule has 2 aliphatic rings. The van der Waals surface area contributed by atoms with Gasteiger partial charge in [0.05, 0.1) is 0 Å². The fourth-order valence-corrected chi connectivity index (χ4v) is 4.75. The molecule has 0 aromatic carbocycles. The summed E-state index contributed by atoms with van der Waals surface area (Å²) in [7, 11) is 1.89. The molecular formula is C19H30IN7S. The predicted molar refractivity (Wildman–Crippen MR) is 125 cm³/mol. The third kappa shape index (κ3) is 5.04. The van der Waals surface area contributed by atoms with Crippen molar-refractivity contribution in [1.82, 2.24) is 29.9 Å². The summed E-state index contributed by atoms with van der Waals surface area (Å²) in [5, 5.41) is 14.3. The number of hydrogen-bond acceptors (Lipinski definition) is 5. The third-order valence-electron chi connectivity index (χ3n) is 5.62. The summed E-state index contributed by atoms with van der Waals surface area (Å²) in [4.78, 5) is 10.9. The molecule has 1 unspecified atom stereocenters. The fourth-order valence-electron chi connectivity index (χ4n) is 4.01. The van der Waals surface area contributed by atoms with E-state index in [1.54, 1.807) is 0 Å². The van der Waals surface area contributed by atoms with Crippen LogP contribution in [0.3, 0.4) is 0 Å². The maximum Gasteiger partial charge on any atom is 0.193 e. The number of thiophene rings is 1. The first-order chi connectivity index (χ1) is 13.2. The van der Waals surface area contributed by atoms with E-state index < -0.39 is 0 Å². The molecule has 7 nitrogen and oxygen atoms in total. The van der Waals surface area contributed by atoms with Gasteiger partial charge in [-0.1, -0.05) is 6.07 Å². The van der Waals surface area contributed by atoms with Gasteiger partial charge in [-0.25, -0.2) is 0 Å². The van der Waals surface area contributed by atoms with E-state index in [4.69, 9.17) is 0 Å². The van der Waals surface area contributed by atoms with Crippen LogP contribution in [-0.2, 0) is 19.5 Å². The lowest BCUT2D eigenvalue weighted by Gasteiger charge is -2.37.